The van der Waals surface area contributed by atoms with Crippen molar-refractivity contribution in [3.8, 4) is 0 Å². The van der Waals surface area contributed by atoms with E-state index in [0.29, 0.717) is 24.1 Å². The maximum absolute atomic E-state index is 14.3. The summed E-state index contributed by atoms with van der Waals surface area (Å²) in [7, 11) is 0. The normalized spacial score (nSPS) is 12.4. The van der Waals surface area contributed by atoms with Crippen LogP contribution in [0.25, 0.3) is 0 Å². The summed E-state index contributed by atoms with van der Waals surface area (Å²) in [5, 5.41) is 3.35. The monoisotopic (exact) mass is 309 g/mol. The SMILES string of the molecule is CCNC(Cc1ccc(Cl)c(F)c1)c1cccc(C)c1F. The van der Waals surface area contributed by atoms with Crippen molar-refractivity contribution in [2.24, 2.45) is 0 Å². The van der Waals surface area contributed by atoms with Crippen molar-refractivity contribution in [1.29, 1.82) is 0 Å². The molecule has 1 atom stereocenters. The molecule has 0 aliphatic heterocycles. The zero-order valence-electron chi connectivity index (χ0n) is 12.1. The molecule has 0 saturated heterocycles. The third-order valence-electron chi connectivity index (χ3n) is 3.47. The Morgan fingerprint density at radius 2 is 1.95 bits per heavy atom. The van der Waals surface area contributed by atoms with Crippen LogP contribution in [-0.4, -0.2) is 6.54 Å². The van der Waals surface area contributed by atoms with Gasteiger partial charge in [-0.3, -0.25) is 0 Å². The fourth-order valence-electron chi connectivity index (χ4n) is 2.38. The molecule has 112 valence electrons. The second-order valence-electron chi connectivity index (χ2n) is 5.04. The van der Waals surface area contributed by atoms with Crippen molar-refractivity contribution in [2.45, 2.75) is 26.3 Å². The number of likely N-dealkylation sites (N-methyl/N-ethyl adjacent to an activating group) is 1. The Balaban J connectivity index is 2.30. The lowest BCUT2D eigenvalue weighted by Crippen LogP contribution is -2.24. The van der Waals surface area contributed by atoms with Gasteiger partial charge >= 0.3 is 0 Å². The Bertz CT molecular complexity index is 628. The van der Waals surface area contributed by atoms with Gasteiger partial charge in [0.1, 0.15) is 11.6 Å². The number of benzene rings is 2. The maximum atomic E-state index is 14.3. The predicted molar refractivity (Wildman–Crippen MR) is 82.7 cm³/mol. The molecule has 0 aliphatic rings. The summed E-state index contributed by atoms with van der Waals surface area (Å²) in [5.41, 5.74) is 1.99. The molecule has 0 saturated carbocycles. The van der Waals surface area contributed by atoms with E-state index in [1.165, 1.54) is 12.1 Å². The van der Waals surface area contributed by atoms with Crippen molar-refractivity contribution >= 4 is 11.6 Å². The molecular weight excluding hydrogens is 292 g/mol. The molecule has 2 aromatic rings. The van der Waals surface area contributed by atoms with E-state index in [2.05, 4.69) is 5.32 Å². The summed E-state index contributed by atoms with van der Waals surface area (Å²) in [6.07, 6.45) is 0.502. The van der Waals surface area contributed by atoms with Crippen molar-refractivity contribution in [3.05, 3.63) is 69.7 Å². The number of hydrogen-bond acceptors (Lipinski definition) is 1. The summed E-state index contributed by atoms with van der Waals surface area (Å²) in [5.74, 6) is -0.660. The highest BCUT2D eigenvalue weighted by Gasteiger charge is 2.17. The topological polar surface area (TPSA) is 12.0 Å². The van der Waals surface area contributed by atoms with E-state index in [1.807, 2.05) is 13.0 Å². The Labute approximate surface area is 128 Å². The molecule has 0 radical (unpaired) electrons. The van der Waals surface area contributed by atoms with Crippen LogP contribution < -0.4 is 5.32 Å². The Kier molecular flexibility index (Phi) is 5.32. The standard InChI is InChI=1S/C17H18ClF2N/c1-3-21-16(13-6-4-5-11(2)17(13)20)10-12-7-8-14(18)15(19)9-12/h4-9,16,21H,3,10H2,1-2H3. The van der Waals surface area contributed by atoms with Crippen LogP contribution in [0.2, 0.25) is 5.02 Å². The third-order valence-corrected chi connectivity index (χ3v) is 3.78. The van der Waals surface area contributed by atoms with Crippen LogP contribution in [0.4, 0.5) is 8.78 Å². The summed E-state index contributed by atoms with van der Waals surface area (Å²) in [6, 6.07) is 9.84. The van der Waals surface area contributed by atoms with Gasteiger partial charge in [-0.2, -0.15) is 0 Å². The lowest BCUT2D eigenvalue weighted by molar-refractivity contribution is 0.506. The average Bonchev–Trinajstić information content (AvgIpc) is 2.45. The van der Waals surface area contributed by atoms with Crippen LogP contribution in [0.5, 0.6) is 0 Å². The molecule has 2 rings (SSSR count). The van der Waals surface area contributed by atoms with E-state index in [-0.39, 0.29) is 16.9 Å². The van der Waals surface area contributed by atoms with Crippen molar-refractivity contribution in [2.75, 3.05) is 6.54 Å². The molecule has 21 heavy (non-hydrogen) atoms. The minimum absolute atomic E-state index is 0.0977. The highest BCUT2D eigenvalue weighted by molar-refractivity contribution is 6.30. The summed E-state index contributed by atoms with van der Waals surface area (Å²) < 4.78 is 27.8. The van der Waals surface area contributed by atoms with Gasteiger partial charge < -0.3 is 5.32 Å². The third kappa shape index (κ3) is 3.80. The van der Waals surface area contributed by atoms with Crippen LogP contribution in [0.1, 0.15) is 29.7 Å². The minimum Gasteiger partial charge on any atom is -0.310 e. The molecule has 0 bridgehead atoms. The van der Waals surface area contributed by atoms with E-state index in [0.717, 1.165) is 5.56 Å². The minimum atomic E-state index is -0.450. The first-order valence-corrected chi connectivity index (χ1v) is 7.33. The molecule has 4 heteroatoms. The fourth-order valence-corrected chi connectivity index (χ4v) is 2.50. The van der Waals surface area contributed by atoms with Gasteiger partial charge in [0, 0.05) is 11.6 Å². The van der Waals surface area contributed by atoms with Gasteiger partial charge in [0.05, 0.1) is 5.02 Å². The molecule has 0 aromatic heterocycles. The average molecular weight is 310 g/mol. The smallest absolute Gasteiger partial charge is 0.142 e. The molecule has 1 unspecified atom stereocenters. The van der Waals surface area contributed by atoms with Gasteiger partial charge in [0.2, 0.25) is 0 Å². The van der Waals surface area contributed by atoms with Gasteiger partial charge in [0.25, 0.3) is 0 Å². The Morgan fingerprint density at radius 3 is 2.62 bits per heavy atom. The molecule has 0 spiro atoms. The lowest BCUT2D eigenvalue weighted by Gasteiger charge is -2.20. The zero-order valence-corrected chi connectivity index (χ0v) is 12.8. The van der Waals surface area contributed by atoms with Crippen LogP contribution in [0.15, 0.2) is 36.4 Å². The first-order chi connectivity index (χ1) is 10.0. The Hall–Kier alpha value is -1.45. The van der Waals surface area contributed by atoms with Crippen LogP contribution in [-0.2, 0) is 6.42 Å². The summed E-state index contributed by atoms with van der Waals surface area (Å²) in [4.78, 5) is 0. The van der Waals surface area contributed by atoms with E-state index in [9.17, 15) is 8.78 Å². The molecule has 1 nitrogen and oxygen atoms in total. The summed E-state index contributed by atoms with van der Waals surface area (Å²) in [6.45, 7) is 4.40. The van der Waals surface area contributed by atoms with E-state index >= 15 is 0 Å². The quantitative estimate of drug-likeness (QED) is 0.835. The molecule has 0 amide bonds. The van der Waals surface area contributed by atoms with Gasteiger partial charge in [-0.15, -0.1) is 0 Å². The molecule has 0 aliphatic carbocycles. The number of rotatable bonds is 5. The van der Waals surface area contributed by atoms with E-state index in [4.69, 9.17) is 11.6 Å². The lowest BCUT2D eigenvalue weighted by atomic mass is 9.96. The maximum Gasteiger partial charge on any atom is 0.142 e. The predicted octanol–water partition coefficient (Wildman–Crippen LogP) is 4.82. The van der Waals surface area contributed by atoms with E-state index < -0.39 is 5.82 Å². The van der Waals surface area contributed by atoms with Gasteiger partial charge in [0.15, 0.2) is 0 Å². The second kappa shape index (κ2) is 7.01. The van der Waals surface area contributed by atoms with Crippen molar-refractivity contribution in [1.82, 2.24) is 5.32 Å². The number of hydrogen-bond donors (Lipinski definition) is 1. The van der Waals surface area contributed by atoms with Crippen molar-refractivity contribution < 1.29 is 8.78 Å². The molecule has 0 fully saturated rings. The van der Waals surface area contributed by atoms with Gasteiger partial charge in [-0.05, 0) is 43.1 Å². The first-order valence-electron chi connectivity index (χ1n) is 6.95. The van der Waals surface area contributed by atoms with Gasteiger partial charge in [-0.1, -0.05) is 42.8 Å². The van der Waals surface area contributed by atoms with Crippen molar-refractivity contribution in [3.63, 3.8) is 0 Å². The molecule has 1 N–H and O–H groups in total. The largest absolute Gasteiger partial charge is 0.310 e. The van der Waals surface area contributed by atoms with E-state index in [1.54, 1.807) is 25.1 Å². The van der Waals surface area contributed by atoms with Crippen LogP contribution in [0, 0.1) is 18.6 Å². The highest BCUT2D eigenvalue weighted by atomic mass is 35.5. The zero-order chi connectivity index (χ0) is 15.4. The Morgan fingerprint density at radius 1 is 1.19 bits per heavy atom. The highest BCUT2D eigenvalue weighted by Crippen LogP contribution is 2.25. The van der Waals surface area contributed by atoms with Gasteiger partial charge in [-0.25, -0.2) is 8.78 Å². The number of aryl methyl sites for hydroxylation is 1. The molecular formula is C17H18ClF2N. The number of halogens is 3. The summed E-state index contributed by atoms with van der Waals surface area (Å²) >= 11 is 5.69. The molecule has 2 aromatic carbocycles. The van der Waals surface area contributed by atoms with Crippen LogP contribution >= 0.6 is 11.6 Å². The van der Waals surface area contributed by atoms with Crippen LogP contribution in [0.3, 0.4) is 0 Å². The fraction of sp³-hybridized carbons (Fsp3) is 0.294. The molecule has 0 heterocycles. The first kappa shape index (κ1) is 15.9. The number of nitrogens with one attached hydrogen (secondary N) is 1. The second-order valence-corrected chi connectivity index (χ2v) is 5.45.